The van der Waals surface area contributed by atoms with Crippen LogP contribution in [0.25, 0.3) is 0 Å². The van der Waals surface area contributed by atoms with Crippen molar-refractivity contribution in [1.29, 1.82) is 0 Å². The maximum absolute atomic E-state index is 10.9. The molecule has 0 aromatic carbocycles. The van der Waals surface area contributed by atoms with Gasteiger partial charge in [-0.25, -0.2) is 0 Å². The van der Waals surface area contributed by atoms with Gasteiger partial charge in [-0.3, -0.25) is 0 Å². The Bertz CT molecular complexity index is 197. The summed E-state index contributed by atoms with van der Waals surface area (Å²) in [6.45, 7) is 0. The van der Waals surface area contributed by atoms with Gasteiger partial charge >= 0.3 is 0 Å². The summed E-state index contributed by atoms with van der Waals surface area (Å²) in [6, 6.07) is 0. The Balaban J connectivity index is 1.82. The van der Waals surface area contributed by atoms with Crippen LogP contribution in [0.3, 0.4) is 0 Å². The lowest BCUT2D eigenvalue weighted by atomic mass is 9.87. The fraction of sp³-hybridized carbons (Fsp3) is 0.923. The fourth-order valence-corrected chi connectivity index (χ4v) is 2.90. The molecule has 2 atom stereocenters. The van der Waals surface area contributed by atoms with Crippen molar-refractivity contribution in [3.8, 4) is 0 Å². The second-order valence-corrected chi connectivity index (χ2v) is 5.02. The van der Waals surface area contributed by atoms with E-state index < -0.39 is 0 Å². The van der Waals surface area contributed by atoms with Crippen molar-refractivity contribution in [2.45, 2.75) is 70.0 Å². The molecule has 0 saturated heterocycles. The molecule has 0 radical (unpaired) electrons. The third kappa shape index (κ3) is 3.04. The molecule has 2 fully saturated rings. The van der Waals surface area contributed by atoms with E-state index in [9.17, 15) is 4.79 Å². The second-order valence-electron chi connectivity index (χ2n) is 5.02. The largest absolute Gasteiger partial charge is 0.374 e. The molecule has 15 heavy (non-hydrogen) atoms. The van der Waals surface area contributed by atoms with Crippen molar-refractivity contribution in [2.75, 3.05) is 0 Å². The van der Waals surface area contributed by atoms with E-state index in [0.29, 0.717) is 6.10 Å². The summed E-state index contributed by atoms with van der Waals surface area (Å²) in [5, 5.41) is 0. The molecule has 2 rings (SSSR count). The second kappa shape index (κ2) is 5.64. The van der Waals surface area contributed by atoms with Gasteiger partial charge in [-0.05, 0) is 25.7 Å². The first-order valence-corrected chi connectivity index (χ1v) is 6.51. The first-order chi connectivity index (χ1) is 7.40. The van der Waals surface area contributed by atoms with Crippen molar-refractivity contribution in [3.05, 3.63) is 0 Å². The maximum Gasteiger partial charge on any atom is 0.125 e. The lowest BCUT2D eigenvalue weighted by Crippen LogP contribution is -2.33. The van der Waals surface area contributed by atoms with E-state index in [-0.39, 0.29) is 12.0 Å². The van der Waals surface area contributed by atoms with Gasteiger partial charge in [0, 0.05) is 5.92 Å². The molecule has 0 aromatic rings. The number of ether oxygens (including phenoxy) is 1. The van der Waals surface area contributed by atoms with Gasteiger partial charge in [0.05, 0.1) is 12.2 Å². The van der Waals surface area contributed by atoms with Crippen LogP contribution in [0.2, 0.25) is 0 Å². The number of hydrogen-bond acceptors (Lipinski definition) is 2. The predicted octanol–water partition coefficient (Wildman–Crippen LogP) is 3.09. The molecular weight excluding hydrogens is 188 g/mol. The molecule has 0 bridgehead atoms. The molecule has 0 N–H and O–H groups in total. The Hall–Kier alpha value is -0.370. The van der Waals surface area contributed by atoms with E-state index in [1.165, 1.54) is 44.9 Å². The molecule has 2 aliphatic carbocycles. The molecule has 0 aromatic heterocycles. The molecule has 86 valence electrons. The van der Waals surface area contributed by atoms with Crippen LogP contribution in [0.15, 0.2) is 0 Å². The predicted molar refractivity (Wildman–Crippen MR) is 59.8 cm³/mol. The van der Waals surface area contributed by atoms with Crippen LogP contribution in [0.5, 0.6) is 0 Å². The van der Waals surface area contributed by atoms with Crippen LogP contribution in [0.1, 0.15) is 57.8 Å². The third-order valence-electron chi connectivity index (χ3n) is 3.85. The van der Waals surface area contributed by atoms with Crippen LogP contribution in [-0.4, -0.2) is 18.5 Å². The topological polar surface area (TPSA) is 26.3 Å². The lowest BCUT2D eigenvalue weighted by molar-refractivity contribution is -0.123. The number of carbonyl (C=O) groups excluding carboxylic acids is 1. The van der Waals surface area contributed by atoms with Crippen LogP contribution in [0, 0.1) is 5.92 Å². The van der Waals surface area contributed by atoms with Crippen LogP contribution in [0.4, 0.5) is 0 Å². The van der Waals surface area contributed by atoms with Gasteiger partial charge in [-0.1, -0.05) is 32.1 Å². The zero-order valence-corrected chi connectivity index (χ0v) is 9.49. The van der Waals surface area contributed by atoms with Crippen molar-refractivity contribution in [2.24, 2.45) is 5.92 Å². The monoisotopic (exact) mass is 210 g/mol. The SMILES string of the molecule is O=CC1CCCCC1OC1CCCCC1. The Morgan fingerprint density at radius 1 is 0.867 bits per heavy atom. The fourth-order valence-electron chi connectivity index (χ4n) is 2.90. The highest BCUT2D eigenvalue weighted by Crippen LogP contribution is 2.29. The summed E-state index contributed by atoms with van der Waals surface area (Å²) in [5.41, 5.74) is 0. The van der Waals surface area contributed by atoms with E-state index in [0.717, 1.165) is 19.1 Å². The van der Waals surface area contributed by atoms with Gasteiger partial charge in [0.2, 0.25) is 0 Å². The van der Waals surface area contributed by atoms with Gasteiger partial charge in [-0.15, -0.1) is 0 Å². The van der Waals surface area contributed by atoms with Gasteiger partial charge in [-0.2, -0.15) is 0 Å². The van der Waals surface area contributed by atoms with Gasteiger partial charge in [0.15, 0.2) is 0 Å². The van der Waals surface area contributed by atoms with E-state index in [1.54, 1.807) is 0 Å². The van der Waals surface area contributed by atoms with Crippen LogP contribution < -0.4 is 0 Å². The number of hydrogen-bond donors (Lipinski definition) is 0. The molecule has 0 amide bonds. The molecule has 0 aliphatic heterocycles. The highest BCUT2D eigenvalue weighted by molar-refractivity contribution is 5.54. The Kier molecular flexibility index (Phi) is 4.18. The molecule has 2 saturated carbocycles. The third-order valence-corrected chi connectivity index (χ3v) is 3.85. The van der Waals surface area contributed by atoms with E-state index in [2.05, 4.69) is 0 Å². The normalized spacial score (nSPS) is 33.9. The maximum atomic E-state index is 10.9. The molecule has 2 unspecified atom stereocenters. The quantitative estimate of drug-likeness (QED) is 0.669. The minimum Gasteiger partial charge on any atom is -0.374 e. The molecule has 0 heterocycles. The summed E-state index contributed by atoms with van der Waals surface area (Å²) >= 11 is 0. The van der Waals surface area contributed by atoms with Crippen LogP contribution >= 0.6 is 0 Å². The van der Waals surface area contributed by atoms with Gasteiger partial charge < -0.3 is 9.53 Å². The first-order valence-electron chi connectivity index (χ1n) is 6.51. The average Bonchev–Trinajstić information content (AvgIpc) is 2.31. The van der Waals surface area contributed by atoms with Gasteiger partial charge in [0.1, 0.15) is 6.29 Å². The van der Waals surface area contributed by atoms with Crippen molar-refractivity contribution in [3.63, 3.8) is 0 Å². The summed E-state index contributed by atoms with van der Waals surface area (Å²) in [6.07, 6.45) is 12.8. The summed E-state index contributed by atoms with van der Waals surface area (Å²) in [7, 11) is 0. The molecular formula is C13H22O2. The van der Waals surface area contributed by atoms with E-state index in [4.69, 9.17) is 4.74 Å². The van der Waals surface area contributed by atoms with Crippen molar-refractivity contribution >= 4 is 6.29 Å². The summed E-state index contributed by atoms with van der Waals surface area (Å²) < 4.78 is 6.10. The number of aldehydes is 1. The zero-order chi connectivity index (χ0) is 10.5. The minimum absolute atomic E-state index is 0.181. The Morgan fingerprint density at radius 3 is 2.27 bits per heavy atom. The summed E-state index contributed by atoms with van der Waals surface area (Å²) in [5.74, 6) is 0.181. The highest BCUT2D eigenvalue weighted by atomic mass is 16.5. The Morgan fingerprint density at radius 2 is 1.53 bits per heavy atom. The smallest absolute Gasteiger partial charge is 0.125 e. The minimum atomic E-state index is 0.181. The number of carbonyl (C=O) groups is 1. The summed E-state index contributed by atoms with van der Waals surface area (Å²) in [4.78, 5) is 10.9. The van der Waals surface area contributed by atoms with Crippen molar-refractivity contribution in [1.82, 2.24) is 0 Å². The average molecular weight is 210 g/mol. The van der Waals surface area contributed by atoms with E-state index >= 15 is 0 Å². The molecule has 2 aliphatic rings. The molecule has 2 heteroatoms. The molecule has 2 nitrogen and oxygen atoms in total. The van der Waals surface area contributed by atoms with Crippen molar-refractivity contribution < 1.29 is 9.53 Å². The van der Waals surface area contributed by atoms with E-state index in [1.807, 2.05) is 0 Å². The van der Waals surface area contributed by atoms with Crippen LogP contribution in [-0.2, 0) is 9.53 Å². The Labute approximate surface area is 92.4 Å². The lowest BCUT2D eigenvalue weighted by Gasteiger charge is -2.33. The zero-order valence-electron chi connectivity index (χ0n) is 9.49. The first kappa shape index (κ1) is 11.1. The standard InChI is InChI=1S/C13H22O2/c14-10-11-6-4-5-9-13(11)15-12-7-2-1-3-8-12/h10-13H,1-9H2. The highest BCUT2D eigenvalue weighted by Gasteiger charge is 2.28. The molecule has 0 spiro atoms. The van der Waals surface area contributed by atoms with Gasteiger partial charge in [0.25, 0.3) is 0 Å². The number of rotatable bonds is 3.